The Hall–Kier alpha value is -1.90. The molecular weight excluding hydrogens is 405 g/mol. The number of carbonyl (C=O) groups is 1. The lowest BCUT2D eigenvalue weighted by Gasteiger charge is -2.29. The van der Waals surface area contributed by atoms with Crippen molar-refractivity contribution in [2.24, 2.45) is 13.0 Å². The first kappa shape index (κ1) is 20.8. The highest BCUT2D eigenvalue weighted by atomic mass is 35.5. The van der Waals surface area contributed by atoms with Crippen LogP contribution >= 0.6 is 11.6 Å². The number of anilines is 1. The molecule has 3 rings (SSSR count). The SMILES string of the molecule is Cc1c(S(=O)(=O)N2CCC(C)CC2)cc(C(=O)Nc2ccc(Cl)cc2F)n1C. The molecule has 1 fully saturated rings. The molecule has 1 N–H and O–H groups in total. The molecule has 1 saturated heterocycles. The molecule has 0 saturated carbocycles. The van der Waals surface area contributed by atoms with Gasteiger partial charge in [0.15, 0.2) is 0 Å². The molecule has 1 amide bonds. The molecule has 6 nitrogen and oxygen atoms in total. The zero-order valence-corrected chi connectivity index (χ0v) is 17.6. The first-order chi connectivity index (χ1) is 13.1. The van der Waals surface area contributed by atoms with Crippen LogP contribution in [0, 0.1) is 18.7 Å². The Labute approximate surface area is 169 Å². The van der Waals surface area contributed by atoms with E-state index in [0.29, 0.717) is 24.7 Å². The summed E-state index contributed by atoms with van der Waals surface area (Å²) in [5.74, 6) is -0.762. The molecule has 1 aliphatic rings. The number of halogens is 2. The number of piperidine rings is 1. The molecule has 0 radical (unpaired) electrons. The summed E-state index contributed by atoms with van der Waals surface area (Å²) in [6, 6.07) is 5.27. The summed E-state index contributed by atoms with van der Waals surface area (Å²) in [5, 5.41) is 2.69. The summed E-state index contributed by atoms with van der Waals surface area (Å²) in [6.45, 7) is 4.69. The van der Waals surface area contributed by atoms with Crippen molar-refractivity contribution in [2.75, 3.05) is 18.4 Å². The highest BCUT2D eigenvalue weighted by Crippen LogP contribution is 2.28. The maximum Gasteiger partial charge on any atom is 0.272 e. The molecule has 28 heavy (non-hydrogen) atoms. The van der Waals surface area contributed by atoms with Crippen molar-refractivity contribution in [2.45, 2.75) is 31.6 Å². The van der Waals surface area contributed by atoms with Crippen LogP contribution < -0.4 is 5.32 Å². The van der Waals surface area contributed by atoms with E-state index in [0.717, 1.165) is 18.9 Å². The summed E-state index contributed by atoms with van der Waals surface area (Å²) in [4.78, 5) is 12.7. The Morgan fingerprint density at radius 3 is 2.50 bits per heavy atom. The van der Waals surface area contributed by atoms with Gasteiger partial charge in [-0.25, -0.2) is 12.8 Å². The Bertz CT molecular complexity index is 1010. The fraction of sp³-hybridized carbons (Fsp3) is 0.421. The Morgan fingerprint density at radius 2 is 1.89 bits per heavy atom. The molecule has 0 aliphatic carbocycles. The van der Waals surface area contributed by atoms with Crippen LogP contribution in [0.3, 0.4) is 0 Å². The fourth-order valence-corrected chi connectivity index (χ4v) is 5.19. The summed E-state index contributed by atoms with van der Waals surface area (Å²) in [5.41, 5.74) is 0.568. The maximum atomic E-state index is 14.0. The average molecular weight is 428 g/mol. The van der Waals surface area contributed by atoms with Gasteiger partial charge >= 0.3 is 0 Å². The molecule has 0 bridgehead atoms. The number of benzene rings is 1. The third-order valence-corrected chi connectivity index (χ3v) is 7.51. The number of nitrogens with zero attached hydrogens (tertiary/aromatic N) is 2. The van der Waals surface area contributed by atoms with Gasteiger partial charge in [0.05, 0.1) is 5.69 Å². The second-order valence-corrected chi connectivity index (χ2v) is 9.55. The van der Waals surface area contributed by atoms with Crippen molar-refractivity contribution < 1.29 is 17.6 Å². The van der Waals surface area contributed by atoms with Gasteiger partial charge in [-0.15, -0.1) is 0 Å². The number of hydrogen-bond donors (Lipinski definition) is 1. The van der Waals surface area contributed by atoms with Crippen LogP contribution in [0.15, 0.2) is 29.2 Å². The van der Waals surface area contributed by atoms with Gasteiger partial charge in [-0.2, -0.15) is 4.31 Å². The van der Waals surface area contributed by atoms with Crippen molar-refractivity contribution in [3.8, 4) is 0 Å². The average Bonchev–Trinajstić information content (AvgIpc) is 2.94. The number of amides is 1. The first-order valence-corrected chi connectivity index (χ1v) is 10.9. The molecule has 152 valence electrons. The number of aromatic nitrogens is 1. The molecule has 0 spiro atoms. The van der Waals surface area contributed by atoms with E-state index >= 15 is 0 Å². The van der Waals surface area contributed by atoms with E-state index in [1.54, 1.807) is 14.0 Å². The summed E-state index contributed by atoms with van der Waals surface area (Å²) in [7, 11) is -2.09. The lowest BCUT2D eigenvalue weighted by Crippen LogP contribution is -2.38. The second kappa shape index (κ2) is 7.85. The van der Waals surface area contributed by atoms with Gasteiger partial charge in [-0.3, -0.25) is 4.79 Å². The Balaban J connectivity index is 1.89. The molecule has 2 heterocycles. The van der Waals surface area contributed by atoms with Crippen LogP contribution in [0.4, 0.5) is 10.1 Å². The largest absolute Gasteiger partial charge is 0.343 e. The van der Waals surface area contributed by atoms with E-state index in [2.05, 4.69) is 12.2 Å². The zero-order valence-electron chi connectivity index (χ0n) is 16.0. The molecular formula is C19H23ClFN3O3S. The molecule has 1 aromatic heterocycles. The molecule has 0 unspecified atom stereocenters. The van der Waals surface area contributed by atoms with Crippen LogP contribution in [-0.4, -0.2) is 36.3 Å². The van der Waals surface area contributed by atoms with Crippen molar-refractivity contribution in [3.05, 3.63) is 46.5 Å². The van der Waals surface area contributed by atoms with Crippen molar-refractivity contribution >= 4 is 33.2 Å². The van der Waals surface area contributed by atoms with Crippen LogP contribution in [0.2, 0.25) is 5.02 Å². The lowest BCUT2D eigenvalue weighted by atomic mass is 10.0. The van der Waals surface area contributed by atoms with Gasteiger partial charge in [0, 0.05) is 30.9 Å². The minimum atomic E-state index is -3.70. The van der Waals surface area contributed by atoms with Gasteiger partial charge in [0.1, 0.15) is 16.4 Å². The normalized spacial score (nSPS) is 16.3. The minimum Gasteiger partial charge on any atom is -0.343 e. The summed E-state index contributed by atoms with van der Waals surface area (Å²) >= 11 is 5.72. The van der Waals surface area contributed by atoms with Gasteiger partial charge in [-0.1, -0.05) is 18.5 Å². The van der Waals surface area contributed by atoms with Crippen molar-refractivity contribution in [1.29, 1.82) is 0 Å². The molecule has 9 heteroatoms. The maximum absolute atomic E-state index is 14.0. The third-order valence-electron chi connectivity index (χ3n) is 5.26. The van der Waals surface area contributed by atoms with E-state index in [9.17, 15) is 17.6 Å². The smallest absolute Gasteiger partial charge is 0.272 e. The van der Waals surface area contributed by atoms with E-state index in [4.69, 9.17) is 11.6 Å². The predicted molar refractivity (Wildman–Crippen MR) is 107 cm³/mol. The standard InChI is InChI=1S/C19H23ClFN3O3S/c1-12-6-8-24(9-7-12)28(26,27)18-11-17(23(3)13(18)2)19(25)22-16-5-4-14(20)10-15(16)21/h4-5,10-12H,6-9H2,1-3H3,(H,22,25). The number of rotatable bonds is 4. The van der Waals surface area contributed by atoms with Crippen LogP contribution in [0.1, 0.15) is 35.9 Å². The minimum absolute atomic E-state index is 0.0253. The number of nitrogens with one attached hydrogen (secondary N) is 1. The van der Waals surface area contributed by atoms with E-state index in [1.807, 2.05) is 0 Å². The number of sulfonamides is 1. The molecule has 1 aromatic carbocycles. The third kappa shape index (κ3) is 3.94. The van der Waals surface area contributed by atoms with Gasteiger partial charge < -0.3 is 9.88 Å². The molecule has 2 aromatic rings. The van der Waals surface area contributed by atoms with Crippen molar-refractivity contribution in [3.63, 3.8) is 0 Å². The fourth-order valence-electron chi connectivity index (χ4n) is 3.29. The monoisotopic (exact) mass is 427 g/mol. The Kier molecular flexibility index (Phi) is 5.84. The zero-order chi connectivity index (χ0) is 20.6. The summed E-state index contributed by atoms with van der Waals surface area (Å²) in [6.07, 6.45) is 1.63. The molecule has 1 aliphatic heterocycles. The topological polar surface area (TPSA) is 71.4 Å². The van der Waals surface area contributed by atoms with Gasteiger partial charge in [0.2, 0.25) is 10.0 Å². The van der Waals surface area contributed by atoms with Crippen LogP contribution in [0.25, 0.3) is 0 Å². The lowest BCUT2D eigenvalue weighted by molar-refractivity contribution is 0.101. The van der Waals surface area contributed by atoms with Gasteiger partial charge in [-0.05, 0) is 49.9 Å². The highest BCUT2D eigenvalue weighted by Gasteiger charge is 2.32. The summed E-state index contributed by atoms with van der Waals surface area (Å²) < 4.78 is 43.1. The van der Waals surface area contributed by atoms with Gasteiger partial charge in [0.25, 0.3) is 5.91 Å². The van der Waals surface area contributed by atoms with Crippen LogP contribution in [-0.2, 0) is 17.1 Å². The predicted octanol–water partition coefficient (Wildman–Crippen LogP) is 3.80. The second-order valence-electron chi connectivity index (χ2n) is 7.20. The number of hydrogen-bond acceptors (Lipinski definition) is 3. The Morgan fingerprint density at radius 1 is 1.25 bits per heavy atom. The quantitative estimate of drug-likeness (QED) is 0.806. The van der Waals surface area contributed by atoms with E-state index in [-0.39, 0.29) is 21.3 Å². The van der Waals surface area contributed by atoms with E-state index < -0.39 is 21.7 Å². The van der Waals surface area contributed by atoms with E-state index in [1.165, 1.54) is 27.1 Å². The number of carbonyl (C=O) groups excluding carboxylic acids is 1. The molecule has 0 atom stereocenters. The highest BCUT2D eigenvalue weighted by molar-refractivity contribution is 7.89. The first-order valence-electron chi connectivity index (χ1n) is 9.04. The van der Waals surface area contributed by atoms with Crippen LogP contribution in [0.5, 0.6) is 0 Å². The van der Waals surface area contributed by atoms with Crippen molar-refractivity contribution in [1.82, 2.24) is 8.87 Å².